The third kappa shape index (κ3) is 4.25. The van der Waals surface area contributed by atoms with Crippen LogP contribution in [0.4, 0.5) is 0 Å². The van der Waals surface area contributed by atoms with E-state index >= 15 is 0 Å². The maximum Gasteiger partial charge on any atom is 0.278 e. The molecule has 0 radical (unpaired) electrons. The number of hydrogen-bond donors (Lipinski definition) is 3. The molecule has 0 spiro atoms. The highest BCUT2D eigenvalue weighted by Gasteiger charge is 2.51. The van der Waals surface area contributed by atoms with Gasteiger partial charge in [0.25, 0.3) is 5.97 Å². The summed E-state index contributed by atoms with van der Waals surface area (Å²) >= 11 is 0. The molecule has 21 heavy (non-hydrogen) atoms. The molecule has 2 unspecified atom stereocenters. The topological polar surface area (TPSA) is 79.2 Å². The molecule has 1 aliphatic heterocycles. The molecule has 2 atom stereocenters. The van der Waals surface area contributed by atoms with Gasteiger partial charge in [0, 0.05) is 11.8 Å². The number of aliphatic hydroxyl groups excluding tert-OH is 1. The molecule has 0 bridgehead atoms. The van der Waals surface area contributed by atoms with E-state index in [-0.39, 0.29) is 19.6 Å². The lowest BCUT2D eigenvalue weighted by atomic mass is 9.77. The lowest BCUT2D eigenvalue weighted by Gasteiger charge is -2.32. The average molecular weight is 296 g/mol. The summed E-state index contributed by atoms with van der Waals surface area (Å²) in [5.41, 5.74) is 0.380. The Bertz CT molecular complexity index is 434. The molecule has 0 aromatic heterocycles. The van der Waals surface area contributed by atoms with Gasteiger partial charge in [0.05, 0.1) is 25.9 Å². The zero-order chi connectivity index (χ0) is 15.3. The van der Waals surface area contributed by atoms with E-state index in [0.717, 1.165) is 12.0 Å². The first-order valence-corrected chi connectivity index (χ1v) is 7.36. The van der Waals surface area contributed by atoms with E-state index in [4.69, 9.17) is 9.47 Å². The van der Waals surface area contributed by atoms with Crippen molar-refractivity contribution in [1.29, 1.82) is 0 Å². The van der Waals surface area contributed by atoms with Crippen molar-refractivity contribution in [2.75, 3.05) is 13.2 Å². The summed E-state index contributed by atoms with van der Waals surface area (Å²) in [7, 11) is 0. The normalized spacial score (nSPS) is 25.9. The molecule has 1 aliphatic rings. The van der Waals surface area contributed by atoms with Gasteiger partial charge < -0.3 is 24.8 Å². The summed E-state index contributed by atoms with van der Waals surface area (Å²) in [6.45, 7) is 2.69. The summed E-state index contributed by atoms with van der Waals surface area (Å²) in [6, 6.07) is 9.72. The Labute approximate surface area is 125 Å². The van der Waals surface area contributed by atoms with E-state index < -0.39 is 17.5 Å². The number of rotatable bonds is 7. The summed E-state index contributed by atoms with van der Waals surface area (Å²) < 4.78 is 10.6. The predicted molar refractivity (Wildman–Crippen MR) is 77.2 cm³/mol. The molecule has 1 aromatic carbocycles. The van der Waals surface area contributed by atoms with Gasteiger partial charge in [0.15, 0.2) is 0 Å². The second-order valence-corrected chi connectivity index (χ2v) is 5.84. The van der Waals surface area contributed by atoms with Gasteiger partial charge in [-0.25, -0.2) is 0 Å². The van der Waals surface area contributed by atoms with Crippen LogP contribution >= 0.6 is 0 Å². The van der Waals surface area contributed by atoms with Crippen LogP contribution in [0.15, 0.2) is 30.3 Å². The molecular weight excluding hydrogens is 272 g/mol. The van der Waals surface area contributed by atoms with Crippen LogP contribution in [-0.2, 0) is 16.1 Å². The van der Waals surface area contributed by atoms with Gasteiger partial charge in [0.2, 0.25) is 0 Å². The van der Waals surface area contributed by atoms with Gasteiger partial charge in [-0.1, -0.05) is 43.7 Å². The molecule has 2 rings (SSSR count). The molecular formula is C16H24O5. The van der Waals surface area contributed by atoms with Crippen molar-refractivity contribution in [3.63, 3.8) is 0 Å². The molecule has 1 saturated heterocycles. The van der Waals surface area contributed by atoms with Crippen molar-refractivity contribution in [2.24, 2.45) is 5.41 Å². The van der Waals surface area contributed by atoms with E-state index in [0.29, 0.717) is 13.0 Å². The van der Waals surface area contributed by atoms with E-state index in [1.807, 2.05) is 37.3 Å². The quantitative estimate of drug-likeness (QED) is 0.663. The second kappa shape index (κ2) is 6.85. The minimum absolute atomic E-state index is 0.00367. The molecule has 0 amide bonds. The zero-order valence-corrected chi connectivity index (χ0v) is 12.4. The van der Waals surface area contributed by atoms with Crippen molar-refractivity contribution in [2.45, 2.75) is 44.9 Å². The highest BCUT2D eigenvalue weighted by molar-refractivity contribution is 5.13. The summed E-state index contributed by atoms with van der Waals surface area (Å²) in [4.78, 5) is 0. The Morgan fingerprint density at radius 3 is 2.57 bits per heavy atom. The highest BCUT2D eigenvalue weighted by atomic mass is 16.8. The van der Waals surface area contributed by atoms with Crippen LogP contribution in [0.25, 0.3) is 0 Å². The van der Waals surface area contributed by atoms with Crippen LogP contribution < -0.4 is 0 Å². The van der Waals surface area contributed by atoms with Crippen molar-refractivity contribution in [3.05, 3.63) is 35.9 Å². The Morgan fingerprint density at radius 2 is 2.00 bits per heavy atom. The van der Waals surface area contributed by atoms with Crippen LogP contribution in [0.1, 0.15) is 31.7 Å². The minimum Gasteiger partial charge on any atom is -0.390 e. The fraction of sp³-hybridized carbons (Fsp3) is 0.625. The maximum atomic E-state index is 10.4. The summed E-state index contributed by atoms with van der Waals surface area (Å²) in [5.74, 6) is -2.14. The van der Waals surface area contributed by atoms with E-state index in [1.54, 1.807) is 0 Å². The molecule has 118 valence electrons. The van der Waals surface area contributed by atoms with Crippen LogP contribution in [0.3, 0.4) is 0 Å². The molecule has 0 aliphatic carbocycles. The van der Waals surface area contributed by atoms with Gasteiger partial charge in [-0.3, -0.25) is 0 Å². The SMILES string of the molecule is CCCC1(C(O)COCc2ccccc2)COC(O)(O)C1. The van der Waals surface area contributed by atoms with Gasteiger partial charge >= 0.3 is 0 Å². The largest absolute Gasteiger partial charge is 0.390 e. The molecule has 1 fully saturated rings. The third-order valence-corrected chi connectivity index (χ3v) is 4.02. The van der Waals surface area contributed by atoms with Gasteiger partial charge in [-0.05, 0) is 12.0 Å². The van der Waals surface area contributed by atoms with E-state index in [2.05, 4.69) is 0 Å². The summed E-state index contributed by atoms with van der Waals surface area (Å²) in [5, 5.41) is 29.6. The molecule has 1 aromatic rings. The Morgan fingerprint density at radius 1 is 1.29 bits per heavy atom. The minimum atomic E-state index is -2.14. The van der Waals surface area contributed by atoms with E-state index in [9.17, 15) is 15.3 Å². The third-order valence-electron chi connectivity index (χ3n) is 4.02. The van der Waals surface area contributed by atoms with Gasteiger partial charge in [-0.15, -0.1) is 0 Å². The van der Waals surface area contributed by atoms with Crippen LogP contribution in [0, 0.1) is 5.41 Å². The Balaban J connectivity index is 1.89. The molecule has 5 nitrogen and oxygen atoms in total. The predicted octanol–water partition coefficient (Wildman–Crippen LogP) is 1.41. The lowest BCUT2D eigenvalue weighted by Crippen LogP contribution is -2.40. The average Bonchev–Trinajstić information content (AvgIpc) is 2.77. The number of aliphatic hydroxyl groups is 3. The van der Waals surface area contributed by atoms with Crippen LogP contribution in [0.5, 0.6) is 0 Å². The molecule has 3 N–H and O–H groups in total. The number of ether oxygens (including phenoxy) is 2. The van der Waals surface area contributed by atoms with Crippen LogP contribution in [-0.4, -0.2) is 40.6 Å². The summed E-state index contributed by atoms with van der Waals surface area (Å²) in [6.07, 6.45) is 0.701. The maximum absolute atomic E-state index is 10.4. The fourth-order valence-electron chi connectivity index (χ4n) is 2.90. The molecule has 1 heterocycles. The fourth-order valence-corrected chi connectivity index (χ4v) is 2.90. The van der Waals surface area contributed by atoms with E-state index in [1.165, 1.54) is 0 Å². The van der Waals surface area contributed by atoms with Gasteiger partial charge in [-0.2, -0.15) is 0 Å². The smallest absolute Gasteiger partial charge is 0.278 e. The first-order chi connectivity index (χ1) is 9.97. The number of benzene rings is 1. The molecule has 5 heteroatoms. The van der Waals surface area contributed by atoms with Gasteiger partial charge in [0.1, 0.15) is 0 Å². The zero-order valence-electron chi connectivity index (χ0n) is 12.4. The standard InChI is InChI=1S/C16H24O5/c1-2-8-15(11-16(18,19)21-12-15)14(17)10-20-9-13-6-4-3-5-7-13/h3-7,14,17-19H,2,8-12H2,1H3. The first kappa shape index (κ1) is 16.4. The van der Waals surface area contributed by atoms with Crippen LogP contribution in [0.2, 0.25) is 0 Å². The van der Waals surface area contributed by atoms with Crippen molar-refractivity contribution >= 4 is 0 Å². The molecule has 0 saturated carbocycles. The van der Waals surface area contributed by atoms with Crippen molar-refractivity contribution in [3.8, 4) is 0 Å². The first-order valence-electron chi connectivity index (χ1n) is 7.36. The number of hydrogen-bond acceptors (Lipinski definition) is 5. The van der Waals surface area contributed by atoms with Crippen molar-refractivity contribution < 1.29 is 24.8 Å². The Hall–Kier alpha value is -0.980. The highest BCUT2D eigenvalue weighted by Crippen LogP contribution is 2.43. The Kier molecular flexibility index (Phi) is 5.35. The van der Waals surface area contributed by atoms with Crippen molar-refractivity contribution in [1.82, 2.24) is 0 Å². The lowest BCUT2D eigenvalue weighted by molar-refractivity contribution is -0.313. The second-order valence-electron chi connectivity index (χ2n) is 5.84. The monoisotopic (exact) mass is 296 g/mol.